The van der Waals surface area contributed by atoms with Gasteiger partial charge in [-0.1, -0.05) is 86.0 Å². The molecule has 0 saturated heterocycles. The van der Waals surface area contributed by atoms with Crippen molar-refractivity contribution < 1.29 is 38.3 Å². The molecule has 0 radical (unpaired) electrons. The molecule has 0 aromatic heterocycles. The van der Waals surface area contributed by atoms with E-state index in [1.54, 1.807) is 24.3 Å². The van der Waals surface area contributed by atoms with Crippen molar-refractivity contribution in [3.05, 3.63) is 156 Å². The molecule has 10 nitrogen and oxygen atoms in total. The van der Waals surface area contributed by atoms with Crippen LogP contribution in [0.4, 0.5) is 0 Å². The zero-order chi connectivity index (χ0) is 33.2. The first-order chi connectivity index (χ1) is 22.9. The number of carbonyl (C=O) groups is 4. The number of hydroxylamine groups is 2. The number of hydrogen-bond donors (Lipinski definition) is 2. The predicted octanol–water partition coefficient (Wildman–Crippen LogP) is 4.83. The van der Waals surface area contributed by atoms with Crippen LogP contribution in [0.1, 0.15) is 43.0 Å². The maximum absolute atomic E-state index is 12.8. The number of ether oxygens (including phenoxy) is 2. The number of rotatable bonds is 14. The Morgan fingerprint density at radius 1 is 0.553 bits per heavy atom. The van der Waals surface area contributed by atoms with Gasteiger partial charge in [-0.15, -0.1) is 0 Å². The summed E-state index contributed by atoms with van der Waals surface area (Å²) in [6.45, 7) is 6.53. The normalized spacial score (nSPS) is 12.2. The molecular weight excluding hydrogens is 600 g/mol. The zero-order valence-electron chi connectivity index (χ0n) is 25.4. The van der Waals surface area contributed by atoms with Crippen LogP contribution in [0, 0.1) is 0 Å². The van der Waals surface area contributed by atoms with E-state index in [1.165, 1.54) is 0 Å². The van der Waals surface area contributed by atoms with Gasteiger partial charge in [0.25, 0.3) is 11.8 Å². The average molecular weight is 633 g/mol. The fourth-order valence-corrected chi connectivity index (χ4v) is 5.60. The van der Waals surface area contributed by atoms with Crippen molar-refractivity contribution in [2.45, 2.75) is 5.41 Å². The molecule has 0 spiro atoms. The quantitative estimate of drug-likeness (QED) is 0.0771. The number of fused-ring (bicyclic) bond motifs is 3. The van der Waals surface area contributed by atoms with Crippen LogP contribution in [0.3, 0.4) is 0 Å². The molecule has 47 heavy (non-hydrogen) atoms. The molecule has 0 heterocycles. The van der Waals surface area contributed by atoms with Crippen LogP contribution in [0.5, 0.6) is 0 Å². The van der Waals surface area contributed by atoms with Gasteiger partial charge >= 0.3 is 11.9 Å². The highest BCUT2D eigenvalue weighted by molar-refractivity contribution is 5.95. The molecule has 238 valence electrons. The maximum atomic E-state index is 12.8. The lowest BCUT2D eigenvalue weighted by Gasteiger charge is -2.34. The Kier molecular flexibility index (Phi) is 10.4. The van der Waals surface area contributed by atoms with Gasteiger partial charge in [0, 0.05) is 23.3 Å². The average Bonchev–Trinajstić information content (AvgIpc) is 3.42. The summed E-state index contributed by atoms with van der Waals surface area (Å²) in [5, 5.41) is 0. The number of esters is 2. The largest absolute Gasteiger partial charge is 0.460 e. The summed E-state index contributed by atoms with van der Waals surface area (Å²) in [5.41, 5.74) is 10.8. The Balaban J connectivity index is 1.41. The van der Waals surface area contributed by atoms with Crippen LogP contribution in [-0.4, -0.2) is 50.2 Å². The summed E-state index contributed by atoms with van der Waals surface area (Å²) in [6.07, 6.45) is 2.09. The summed E-state index contributed by atoms with van der Waals surface area (Å²) in [4.78, 5) is 58.2. The minimum atomic E-state index is -0.756. The highest BCUT2D eigenvalue weighted by Crippen LogP contribution is 2.55. The fraction of sp³-hybridized carbons (Fsp3) is 0.135. The Bertz CT molecular complexity index is 1670. The molecule has 0 fully saturated rings. The van der Waals surface area contributed by atoms with Gasteiger partial charge in [0.1, 0.15) is 26.4 Å². The Labute approximate surface area is 271 Å². The molecule has 2 amide bonds. The summed E-state index contributed by atoms with van der Waals surface area (Å²) < 4.78 is 9.68. The molecule has 0 aliphatic heterocycles. The van der Waals surface area contributed by atoms with E-state index in [2.05, 4.69) is 48.4 Å². The van der Waals surface area contributed by atoms with E-state index in [0.717, 1.165) is 45.5 Å². The molecule has 1 aliphatic rings. The van der Waals surface area contributed by atoms with Crippen molar-refractivity contribution in [2.75, 3.05) is 26.4 Å². The standard InChI is InChI=1S/C37H32N2O8/c1-3-33(40)44-21-23-46-38-35(42)25-13-17-27(18-14-25)37(31-11-7-5-9-29(31)30-10-6-8-12-32(30)37)28-19-15-26(16-20-28)36(43)39-47-24-22-45-34(41)4-2/h3-20H,1-2,21-24H2,(H,38,42)(H,39,43). The van der Waals surface area contributed by atoms with Gasteiger partial charge in [0.15, 0.2) is 0 Å². The van der Waals surface area contributed by atoms with Crippen LogP contribution < -0.4 is 11.0 Å². The first-order valence-corrected chi connectivity index (χ1v) is 14.7. The van der Waals surface area contributed by atoms with E-state index in [1.807, 2.05) is 48.5 Å². The van der Waals surface area contributed by atoms with E-state index in [-0.39, 0.29) is 26.4 Å². The van der Waals surface area contributed by atoms with Gasteiger partial charge < -0.3 is 9.47 Å². The summed E-state index contributed by atoms with van der Waals surface area (Å²) in [6, 6.07) is 30.9. The minimum absolute atomic E-state index is 0.0224. The molecule has 2 N–H and O–H groups in total. The number of carbonyl (C=O) groups excluding carboxylic acids is 4. The molecule has 5 rings (SSSR count). The number of hydrogen-bond acceptors (Lipinski definition) is 8. The smallest absolute Gasteiger partial charge is 0.330 e. The third-order valence-corrected chi connectivity index (χ3v) is 7.64. The van der Waals surface area contributed by atoms with Crippen LogP contribution in [-0.2, 0) is 34.2 Å². The van der Waals surface area contributed by atoms with Gasteiger partial charge in [0.2, 0.25) is 0 Å². The van der Waals surface area contributed by atoms with Crippen LogP contribution >= 0.6 is 0 Å². The lowest BCUT2D eigenvalue weighted by molar-refractivity contribution is -0.140. The molecule has 1 aliphatic carbocycles. The second-order valence-corrected chi connectivity index (χ2v) is 10.3. The van der Waals surface area contributed by atoms with E-state index >= 15 is 0 Å². The highest BCUT2D eigenvalue weighted by Gasteiger charge is 2.45. The molecule has 0 atom stereocenters. The summed E-state index contributed by atoms with van der Waals surface area (Å²) >= 11 is 0. The van der Waals surface area contributed by atoms with Crippen LogP contribution in [0.15, 0.2) is 122 Å². The highest BCUT2D eigenvalue weighted by atomic mass is 16.7. The van der Waals surface area contributed by atoms with Crippen molar-refractivity contribution in [1.29, 1.82) is 0 Å². The van der Waals surface area contributed by atoms with Crippen molar-refractivity contribution >= 4 is 23.8 Å². The van der Waals surface area contributed by atoms with Crippen molar-refractivity contribution in [3.63, 3.8) is 0 Å². The van der Waals surface area contributed by atoms with E-state index in [4.69, 9.17) is 19.1 Å². The summed E-state index contributed by atoms with van der Waals surface area (Å²) in [5.74, 6) is -2.06. The fourth-order valence-electron chi connectivity index (χ4n) is 5.60. The molecule has 4 aromatic carbocycles. The summed E-state index contributed by atoms with van der Waals surface area (Å²) in [7, 11) is 0. The lowest BCUT2D eigenvalue weighted by Crippen LogP contribution is -2.30. The lowest BCUT2D eigenvalue weighted by atomic mass is 9.67. The molecule has 4 aromatic rings. The third kappa shape index (κ3) is 6.89. The van der Waals surface area contributed by atoms with E-state index in [9.17, 15) is 19.2 Å². The van der Waals surface area contributed by atoms with Crippen LogP contribution in [0.2, 0.25) is 0 Å². The molecule has 10 heteroatoms. The van der Waals surface area contributed by atoms with Crippen molar-refractivity contribution in [2.24, 2.45) is 0 Å². The first kappa shape index (κ1) is 32.6. The van der Waals surface area contributed by atoms with Gasteiger partial charge in [-0.2, -0.15) is 0 Å². The minimum Gasteiger partial charge on any atom is -0.460 e. The van der Waals surface area contributed by atoms with Crippen molar-refractivity contribution in [3.8, 4) is 11.1 Å². The third-order valence-electron chi connectivity index (χ3n) is 7.64. The number of benzene rings is 4. The topological polar surface area (TPSA) is 129 Å². The van der Waals surface area contributed by atoms with Gasteiger partial charge in [-0.05, 0) is 57.6 Å². The number of nitrogens with one attached hydrogen (secondary N) is 2. The predicted molar refractivity (Wildman–Crippen MR) is 173 cm³/mol. The molecular formula is C37H32N2O8. The molecule has 0 bridgehead atoms. The van der Waals surface area contributed by atoms with Gasteiger partial charge in [-0.3, -0.25) is 19.3 Å². The Morgan fingerprint density at radius 3 is 1.32 bits per heavy atom. The van der Waals surface area contributed by atoms with Gasteiger partial charge in [0.05, 0.1) is 5.41 Å². The van der Waals surface area contributed by atoms with Crippen LogP contribution in [0.25, 0.3) is 11.1 Å². The first-order valence-electron chi connectivity index (χ1n) is 14.7. The SMILES string of the molecule is C=CC(=O)OCCONC(=O)c1ccc(C2(c3ccc(C(=O)NOCCOC(=O)C=C)cc3)c3ccccc3-c3ccccc32)cc1. The molecule has 0 unspecified atom stereocenters. The second-order valence-electron chi connectivity index (χ2n) is 10.3. The Hall–Kier alpha value is -5.84. The monoisotopic (exact) mass is 632 g/mol. The van der Waals surface area contributed by atoms with E-state index in [0.29, 0.717) is 11.1 Å². The zero-order valence-corrected chi connectivity index (χ0v) is 25.4. The second kappa shape index (κ2) is 15.0. The molecule has 0 saturated carbocycles. The maximum Gasteiger partial charge on any atom is 0.330 e. The number of amides is 2. The van der Waals surface area contributed by atoms with Crippen molar-refractivity contribution in [1.82, 2.24) is 11.0 Å². The van der Waals surface area contributed by atoms with Gasteiger partial charge in [-0.25, -0.2) is 20.5 Å². The Morgan fingerprint density at radius 2 is 0.936 bits per heavy atom. The van der Waals surface area contributed by atoms with E-state index < -0.39 is 29.2 Å².